The number of carbonyl (C=O) groups is 1. The molecule has 4 heteroatoms. The normalized spacial score (nSPS) is 10.7. The molecule has 3 rings (SSSR count). The van der Waals surface area contributed by atoms with Crippen LogP contribution in [-0.2, 0) is 24.9 Å². The second kappa shape index (κ2) is 10.3. The largest absolute Gasteiger partial charge is 0.512 e. The number of benzene rings is 2. The van der Waals surface area contributed by atoms with Crippen molar-refractivity contribution in [3.8, 4) is 11.3 Å². The molecule has 1 radical (unpaired) electrons. The van der Waals surface area contributed by atoms with E-state index in [0.717, 1.165) is 16.8 Å². The molecule has 0 amide bonds. The van der Waals surface area contributed by atoms with E-state index in [1.165, 1.54) is 47.6 Å². The van der Waals surface area contributed by atoms with E-state index < -0.39 is 0 Å². The van der Waals surface area contributed by atoms with Gasteiger partial charge in [-0.2, -0.15) is 0 Å². The van der Waals surface area contributed by atoms with E-state index >= 15 is 0 Å². The molecule has 0 unspecified atom stereocenters. The van der Waals surface area contributed by atoms with Crippen molar-refractivity contribution in [1.82, 2.24) is 4.98 Å². The first-order valence-electron chi connectivity index (χ1n) is 8.93. The van der Waals surface area contributed by atoms with Gasteiger partial charge in [0, 0.05) is 26.2 Å². The van der Waals surface area contributed by atoms with Crippen LogP contribution in [0.25, 0.3) is 22.2 Å². The summed E-state index contributed by atoms with van der Waals surface area (Å²) < 4.78 is 0. The summed E-state index contributed by atoms with van der Waals surface area (Å²) >= 11 is 0. The van der Waals surface area contributed by atoms with E-state index in [4.69, 9.17) is 10.1 Å². The minimum atomic E-state index is -0.125. The summed E-state index contributed by atoms with van der Waals surface area (Å²) in [5, 5.41) is 9.56. The van der Waals surface area contributed by atoms with E-state index in [1.807, 2.05) is 6.07 Å². The summed E-state index contributed by atoms with van der Waals surface area (Å²) in [5.74, 6) is -0.0625. The van der Waals surface area contributed by atoms with Gasteiger partial charge in [-0.1, -0.05) is 26.0 Å². The fourth-order valence-electron chi connectivity index (χ4n) is 2.77. The molecule has 0 spiro atoms. The van der Waals surface area contributed by atoms with Crippen LogP contribution in [0.2, 0.25) is 0 Å². The zero-order chi connectivity index (χ0) is 20.1. The Hall–Kier alpha value is -2.29. The van der Waals surface area contributed by atoms with Crippen LogP contribution >= 0.6 is 0 Å². The number of aryl methyl sites for hydroxylation is 3. The van der Waals surface area contributed by atoms with Gasteiger partial charge in [0.05, 0.1) is 11.3 Å². The molecule has 0 atom stereocenters. The van der Waals surface area contributed by atoms with Gasteiger partial charge in [0.2, 0.25) is 0 Å². The number of hydrogen-bond acceptors (Lipinski definition) is 3. The van der Waals surface area contributed by atoms with Gasteiger partial charge < -0.3 is 5.11 Å². The Balaban J connectivity index is 0.000000425. The van der Waals surface area contributed by atoms with Crippen LogP contribution in [0.3, 0.4) is 0 Å². The van der Waals surface area contributed by atoms with Crippen LogP contribution < -0.4 is 0 Å². The maximum absolute atomic E-state index is 10.0. The average Bonchev–Trinajstić information content (AvgIpc) is 2.57. The van der Waals surface area contributed by atoms with Gasteiger partial charge in [-0.05, 0) is 62.0 Å². The quantitative estimate of drug-likeness (QED) is 0.242. The predicted octanol–water partition coefficient (Wildman–Crippen LogP) is 5.97. The third-order valence-electron chi connectivity index (χ3n) is 4.50. The molecule has 0 bridgehead atoms. The van der Waals surface area contributed by atoms with Crippen molar-refractivity contribution in [2.24, 2.45) is 0 Å². The topological polar surface area (TPSA) is 50.2 Å². The first kappa shape index (κ1) is 23.7. The molecule has 0 aliphatic heterocycles. The molecule has 0 saturated carbocycles. The predicted molar refractivity (Wildman–Crippen MR) is 112 cm³/mol. The molecule has 149 valence electrons. The fraction of sp³-hybridized carbons (Fsp3) is 0.250. The molecule has 0 aliphatic carbocycles. The number of aromatic nitrogens is 1. The van der Waals surface area contributed by atoms with E-state index in [-0.39, 0.29) is 31.6 Å². The van der Waals surface area contributed by atoms with Gasteiger partial charge in [0.15, 0.2) is 5.78 Å². The molecule has 0 fully saturated rings. The molecule has 1 heterocycles. The summed E-state index contributed by atoms with van der Waals surface area (Å²) in [6.45, 7) is 11.4. The summed E-state index contributed by atoms with van der Waals surface area (Å²) in [6.07, 6.45) is 1.17. The number of aliphatic hydroxyl groups excluding tert-OH is 1. The van der Waals surface area contributed by atoms with Gasteiger partial charge in [-0.25, -0.2) is 0 Å². The Morgan fingerprint density at radius 3 is 2.21 bits per heavy atom. The van der Waals surface area contributed by atoms with Crippen LogP contribution in [-0.4, -0.2) is 15.9 Å². The van der Waals surface area contributed by atoms with Crippen molar-refractivity contribution >= 4 is 16.7 Å². The van der Waals surface area contributed by atoms with Crippen LogP contribution in [0.5, 0.6) is 0 Å². The van der Waals surface area contributed by atoms with Crippen molar-refractivity contribution < 1.29 is 30.0 Å². The fourth-order valence-corrected chi connectivity index (χ4v) is 2.77. The van der Waals surface area contributed by atoms with E-state index in [1.54, 1.807) is 0 Å². The van der Waals surface area contributed by atoms with Crippen LogP contribution in [0, 0.1) is 33.8 Å². The van der Waals surface area contributed by atoms with Crippen molar-refractivity contribution in [3.05, 3.63) is 76.6 Å². The summed E-state index contributed by atoms with van der Waals surface area (Å²) in [5.41, 5.74) is 8.29. The minimum absolute atomic E-state index is 0. The van der Waals surface area contributed by atoms with Crippen molar-refractivity contribution in [3.63, 3.8) is 0 Å². The third kappa shape index (κ3) is 6.12. The molecule has 1 aromatic heterocycles. The molecular weight excluding hydrogens is 526 g/mol. The van der Waals surface area contributed by atoms with Gasteiger partial charge in [-0.3, -0.25) is 9.78 Å². The van der Waals surface area contributed by atoms with E-state index in [2.05, 4.69) is 64.1 Å². The number of fused-ring (bicyclic) bond motifs is 1. The number of rotatable bonds is 2. The molecule has 3 aromatic rings. The van der Waals surface area contributed by atoms with Gasteiger partial charge >= 0.3 is 0 Å². The van der Waals surface area contributed by atoms with Crippen molar-refractivity contribution in [1.29, 1.82) is 0 Å². The molecule has 28 heavy (non-hydrogen) atoms. The van der Waals surface area contributed by atoms with Crippen LogP contribution in [0.1, 0.15) is 36.1 Å². The van der Waals surface area contributed by atoms with E-state index in [0.29, 0.717) is 0 Å². The summed E-state index contributed by atoms with van der Waals surface area (Å²) in [7, 11) is 0. The van der Waals surface area contributed by atoms with Gasteiger partial charge in [0.1, 0.15) is 0 Å². The smallest absolute Gasteiger partial charge is 0.155 e. The summed E-state index contributed by atoms with van der Waals surface area (Å²) in [4.78, 5) is 14.8. The number of aliphatic hydroxyl groups is 1. The number of hydrogen-bond donors (Lipinski definition) is 1. The Labute approximate surface area is 180 Å². The molecule has 0 aliphatic rings. The SMILES string of the molecule is CC(=O)/C=C(/C)O.Cc1cc2ccc(-c3[c-]ccc(C)c3C)nc2cc1C.[Ir]. The Kier molecular flexibility index (Phi) is 8.74. The number of ketones is 1. The van der Waals surface area contributed by atoms with E-state index in [9.17, 15) is 4.79 Å². The molecular formula is C24H26IrNO2-. The second-order valence-corrected chi connectivity index (χ2v) is 6.88. The zero-order valence-corrected chi connectivity index (χ0v) is 19.6. The van der Waals surface area contributed by atoms with Gasteiger partial charge in [0.25, 0.3) is 0 Å². The van der Waals surface area contributed by atoms with Crippen molar-refractivity contribution in [2.45, 2.75) is 41.5 Å². The Bertz CT molecular complexity index is 1020. The average molecular weight is 553 g/mol. The maximum Gasteiger partial charge on any atom is 0.155 e. The Morgan fingerprint density at radius 1 is 1.00 bits per heavy atom. The monoisotopic (exact) mass is 553 g/mol. The first-order chi connectivity index (χ1) is 12.7. The van der Waals surface area contributed by atoms with Crippen LogP contribution in [0.15, 0.2) is 48.2 Å². The number of allylic oxidation sites excluding steroid dienone is 2. The Morgan fingerprint density at radius 2 is 1.64 bits per heavy atom. The molecule has 1 N–H and O–H groups in total. The molecule has 3 nitrogen and oxygen atoms in total. The minimum Gasteiger partial charge on any atom is -0.512 e. The third-order valence-corrected chi connectivity index (χ3v) is 4.50. The summed E-state index contributed by atoms with van der Waals surface area (Å²) in [6, 6.07) is 16.0. The van der Waals surface area contributed by atoms with Gasteiger partial charge in [-0.15, -0.1) is 34.9 Å². The second-order valence-electron chi connectivity index (χ2n) is 6.88. The van der Waals surface area contributed by atoms with Crippen LogP contribution in [0.4, 0.5) is 0 Å². The van der Waals surface area contributed by atoms with Crippen molar-refractivity contribution in [2.75, 3.05) is 0 Å². The standard InChI is InChI=1S/C19H18N.C5H8O2.Ir/c1-12-6-5-7-17(15(12)4)18-9-8-16-10-13(2)14(3)11-19(16)20-18;1-4(6)3-5(2)7;/h5-6,8-11H,1-4H3;3,6H,1-2H3;/q-1;;/b;4-3-;. The molecule has 2 aromatic carbocycles. The molecule has 0 saturated heterocycles. The number of pyridine rings is 1. The number of nitrogens with zero attached hydrogens (tertiary/aromatic N) is 1. The number of carbonyl (C=O) groups excluding carboxylic acids is 1. The first-order valence-corrected chi connectivity index (χ1v) is 8.93. The zero-order valence-electron chi connectivity index (χ0n) is 17.2. The maximum atomic E-state index is 10.0.